The van der Waals surface area contributed by atoms with Gasteiger partial charge >= 0.3 is 13.6 Å². The Labute approximate surface area is 154 Å². The molecule has 2 aliphatic rings. The van der Waals surface area contributed by atoms with Gasteiger partial charge in [-0.25, -0.2) is 0 Å². The van der Waals surface area contributed by atoms with E-state index in [9.17, 15) is 14.2 Å². The number of ether oxygens (including phenoxy) is 3. The zero-order valence-electron chi connectivity index (χ0n) is 16.2. The number of hydrogen-bond donors (Lipinski definition) is 0. The minimum atomic E-state index is -3.61. The third-order valence-electron chi connectivity index (χ3n) is 4.54. The van der Waals surface area contributed by atoms with Crippen LogP contribution in [0.3, 0.4) is 0 Å². The van der Waals surface area contributed by atoms with Gasteiger partial charge in [-0.15, -0.1) is 0 Å². The lowest BCUT2D eigenvalue weighted by atomic mass is 9.66. The van der Waals surface area contributed by atoms with Gasteiger partial charge in [0.05, 0.1) is 26.4 Å². The van der Waals surface area contributed by atoms with E-state index in [1.807, 2.05) is 0 Å². The first-order valence-electron chi connectivity index (χ1n) is 8.93. The first-order valence-corrected chi connectivity index (χ1v) is 10.7. The number of esters is 1. The van der Waals surface area contributed by atoms with Crippen LogP contribution in [0.2, 0.25) is 0 Å². The Hall–Kier alpha value is -0.790. The number of carbonyl (C=O) groups is 2. The Bertz CT molecular complexity index is 586. The summed E-state index contributed by atoms with van der Waals surface area (Å²) in [5.41, 5.74) is -2.23. The predicted molar refractivity (Wildman–Crippen MR) is 92.9 cm³/mol. The van der Waals surface area contributed by atoms with Gasteiger partial charge in [-0.3, -0.25) is 14.2 Å². The van der Waals surface area contributed by atoms with Crippen molar-refractivity contribution < 1.29 is 37.4 Å². The van der Waals surface area contributed by atoms with E-state index >= 15 is 0 Å². The molecular weight excluding hydrogens is 363 g/mol. The average Bonchev–Trinajstić information content (AvgIpc) is 2.91. The van der Waals surface area contributed by atoms with Crippen LogP contribution >= 0.6 is 7.60 Å². The lowest BCUT2D eigenvalue weighted by molar-refractivity contribution is -0.235. The van der Waals surface area contributed by atoms with Crippen molar-refractivity contribution in [3.05, 3.63) is 0 Å². The molecule has 0 aromatic rings. The van der Waals surface area contributed by atoms with Crippen LogP contribution in [0.25, 0.3) is 0 Å². The Morgan fingerprint density at radius 3 is 2.12 bits per heavy atom. The molecule has 9 heteroatoms. The Morgan fingerprint density at radius 2 is 1.62 bits per heavy atom. The van der Waals surface area contributed by atoms with E-state index in [-0.39, 0.29) is 25.4 Å². The summed E-state index contributed by atoms with van der Waals surface area (Å²) in [7, 11) is -3.61. The van der Waals surface area contributed by atoms with Gasteiger partial charge in [0, 0.05) is 18.3 Å². The molecule has 0 N–H and O–H groups in total. The van der Waals surface area contributed by atoms with E-state index in [0.29, 0.717) is 19.6 Å². The molecule has 1 spiro atoms. The van der Waals surface area contributed by atoms with Crippen molar-refractivity contribution >= 4 is 19.3 Å². The van der Waals surface area contributed by atoms with Crippen molar-refractivity contribution in [1.29, 1.82) is 0 Å². The molecule has 0 aromatic carbocycles. The standard InChI is InChI=1S/C17H29O8P/c1-6-23-26(20,24-7-2)10-13(18)25-16(5)12-17(21-8-9-22-17)11-15(3,4)14(16)19/h6-12H2,1-5H3. The molecule has 1 unspecified atom stereocenters. The van der Waals surface area contributed by atoms with E-state index in [1.165, 1.54) is 0 Å². The van der Waals surface area contributed by atoms with Crippen LogP contribution in [0.5, 0.6) is 0 Å². The fourth-order valence-electron chi connectivity index (χ4n) is 3.87. The lowest BCUT2D eigenvalue weighted by Crippen LogP contribution is -2.59. The molecule has 1 atom stereocenters. The molecule has 2 rings (SSSR count). The van der Waals surface area contributed by atoms with Crippen molar-refractivity contribution in [3.63, 3.8) is 0 Å². The second kappa shape index (κ2) is 7.68. The van der Waals surface area contributed by atoms with Gasteiger partial charge in [0.1, 0.15) is 6.16 Å². The quantitative estimate of drug-likeness (QED) is 0.482. The molecular formula is C17H29O8P. The van der Waals surface area contributed by atoms with Crippen LogP contribution in [0, 0.1) is 5.41 Å². The highest BCUT2D eigenvalue weighted by molar-refractivity contribution is 7.54. The Kier molecular flexibility index (Phi) is 6.35. The van der Waals surface area contributed by atoms with Gasteiger partial charge in [0.25, 0.3) is 0 Å². The molecule has 0 radical (unpaired) electrons. The number of ketones is 1. The molecule has 0 amide bonds. The smallest absolute Gasteiger partial charge is 0.341 e. The fraction of sp³-hybridized carbons (Fsp3) is 0.882. The fourth-order valence-corrected chi connectivity index (χ4v) is 5.30. The topological polar surface area (TPSA) is 97.4 Å². The second-order valence-corrected chi connectivity index (χ2v) is 9.54. The van der Waals surface area contributed by atoms with Crippen molar-refractivity contribution in [2.24, 2.45) is 5.41 Å². The molecule has 8 nitrogen and oxygen atoms in total. The highest BCUT2D eigenvalue weighted by atomic mass is 31.2. The summed E-state index contributed by atoms with van der Waals surface area (Å²) in [6, 6.07) is 0. The predicted octanol–water partition coefficient (Wildman–Crippen LogP) is 2.69. The Balaban J connectivity index is 2.18. The molecule has 0 bridgehead atoms. The SMILES string of the molecule is CCOP(=O)(CC(=O)OC1(C)CC2(CC(C)(C)C1=O)OCCO2)OCC. The maximum absolute atomic E-state index is 12.9. The monoisotopic (exact) mass is 392 g/mol. The average molecular weight is 392 g/mol. The molecule has 150 valence electrons. The minimum Gasteiger partial charge on any atom is -0.451 e. The number of rotatable bonds is 7. The van der Waals surface area contributed by atoms with E-state index < -0.39 is 36.5 Å². The maximum atomic E-state index is 12.9. The normalized spacial score (nSPS) is 27.7. The van der Waals surface area contributed by atoms with Crippen LogP contribution in [0.15, 0.2) is 0 Å². The Morgan fingerprint density at radius 1 is 1.08 bits per heavy atom. The maximum Gasteiger partial charge on any atom is 0.341 e. The molecule has 26 heavy (non-hydrogen) atoms. The lowest BCUT2D eigenvalue weighted by Gasteiger charge is -2.47. The van der Waals surface area contributed by atoms with Gasteiger partial charge in [-0.1, -0.05) is 13.8 Å². The number of hydrogen-bond acceptors (Lipinski definition) is 8. The summed E-state index contributed by atoms with van der Waals surface area (Å²) in [5.74, 6) is -1.97. The van der Waals surface area contributed by atoms with E-state index in [1.54, 1.807) is 34.6 Å². The van der Waals surface area contributed by atoms with Gasteiger partial charge in [-0.2, -0.15) is 0 Å². The van der Waals surface area contributed by atoms with Crippen LogP contribution < -0.4 is 0 Å². The third kappa shape index (κ3) is 4.54. The largest absolute Gasteiger partial charge is 0.451 e. The molecule has 1 saturated carbocycles. The minimum absolute atomic E-state index is 0.0988. The third-order valence-corrected chi connectivity index (χ3v) is 6.49. The summed E-state index contributed by atoms with van der Waals surface area (Å²) in [5, 5.41) is 0. The van der Waals surface area contributed by atoms with Gasteiger partial charge in [0.2, 0.25) is 0 Å². The summed E-state index contributed by atoms with van der Waals surface area (Å²) in [6.45, 7) is 9.55. The summed E-state index contributed by atoms with van der Waals surface area (Å²) >= 11 is 0. The van der Waals surface area contributed by atoms with Crippen LogP contribution in [0.4, 0.5) is 0 Å². The number of carbonyl (C=O) groups excluding carboxylic acids is 2. The van der Waals surface area contributed by atoms with Crippen molar-refractivity contribution in [2.75, 3.05) is 32.6 Å². The molecule has 1 saturated heterocycles. The zero-order chi connectivity index (χ0) is 19.6. The molecule has 1 heterocycles. The van der Waals surface area contributed by atoms with Crippen molar-refractivity contribution in [1.82, 2.24) is 0 Å². The van der Waals surface area contributed by atoms with E-state index in [4.69, 9.17) is 23.3 Å². The number of Topliss-reactive ketones (excluding diaryl/α,β-unsaturated/α-hetero) is 1. The van der Waals surface area contributed by atoms with Crippen molar-refractivity contribution in [3.8, 4) is 0 Å². The highest BCUT2D eigenvalue weighted by Gasteiger charge is 2.60. The first kappa shape index (κ1) is 21.5. The summed E-state index contributed by atoms with van der Waals surface area (Å²) in [4.78, 5) is 25.4. The molecule has 0 aromatic heterocycles. The summed E-state index contributed by atoms with van der Waals surface area (Å²) < 4.78 is 39.8. The van der Waals surface area contributed by atoms with E-state index in [2.05, 4.69) is 0 Å². The highest BCUT2D eigenvalue weighted by Crippen LogP contribution is 2.51. The zero-order valence-corrected chi connectivity index (χ0v) is 17.1. The van der Waals surface area contributed by atoms with Crippen LogP contribution in [-0.4, -0.2) is 55.7 Å². The van der Waals surface area contributed by atoms with Gasteiger partial charge in [0.15, 0.2) is 17.2 Å². The van der Waals surface area contributed by atoms with Crippen LogP contribution in [-0.2, 0) is 37.4 Å². The summed E-state index contributed by atoms with van der Waals surface area (Å²) in [6.07, 6.45) is -0.0589. The second-order valence-electron chi connectivity index (χ2n) is 7.48. The van der Waals surface area contributed by atoms with Crippen LogP contribution in [0.1, 0.15) is 47.5 Å². The molecule has 1 aliphatic carbocycles. The van der Waals surface area contributed by atoms with E-state index in [0.717, 1.165) is 0 Å². The first-order chi connectivity index (χ1) is 12.0. The van der Waals surface area contributed by atoms with Gasteiger partial charge in [-0.05, 0) is 20.8 Å². The molecule has 2 fully saturated rings. The van der Waals surface area contributed by atoms with Gasteiger partial charge < -0.3 is 23.3 Å². The molecule has 1 aliphatic heterocycles. The van der Waals surface area contributed by atoms with Crippen molar-refractivity contribution in [2.45, 2.75) is 58.8 Å².